The zero-order chi connectivity index (χ0) is 18.4. The molecule has 0 aromatic heterocycles. The number of hydrogen-bond acceptors (Lipinski definition) is 4. The number of carbonyl (C=O) groups excluding carboxylic acids is 3. The number of para-hydroxylation sites is 1. The van der Waals surface area contributed by atoms with Crippen LogP contribution in [-0.4, -0.2) is 48.0 Å². The first-order chi connectivity index (χ1) is 11.8. The zero-order valence-corrected chi connectivity index (χ0v) is 15.7. The van der Waals surface area contributed by atoms with Gasteiger partial charge in [-0.1, -0.05) is 12.1 Å². The van der Waals surface area contributed by atoms with Crippen molar-refractivity contribution in [2.75, 3.05) is 25.2 Å². The molecule has 6 nitrogen and oxygen atoms in total. The maximum atomic E-state index is 12.3. The molecule has 0 spiro atoms. The average molecular weight is 363 g/mol. The molecule has 1 saturated heterocycles. The van der Waals surface area contributed by atoms with Crippen LogP contribution in [0.1, 0.15) is 32.6 Å². The molecular formula is C18H25N3O3S. The summed E-state index contributed by atoms with van der Waals surface area (Å²) in [6.45, 7) is 1.96. The van der Waals surface area contributed by atoms with Crippen LogP contribution in [0.25, 0.3) is 0 Å². The van der Waals surface area contributed by atoms with Crippen molar-refractivity contribution >= 4 is 35.2 Å². The predicted octanol–water partition coefficient (Wildman–Crippen LogP) is 2.25. The Hall–Kier alpha value is -2.02. The normalized spacial score (nSPS) is 19.4. The summed E-state index contributed by atoms with van der Waals surface area (Å²) in [5.74, 6) is -0.288. The van der Waals surface area contributed by atoms with Gasteiger partial charge in [-0.25, -0.2) is 0 Å². The van der Waals surface area contributed by atoms with Gasteiger partial charge in [-0.05, 0) is 38.2 Å². The highest BCUT2D eigenvalue weighted by atomic mass is 32.2. The van der Waals surface area contributed by atoms with E-state index in [1.54, 1.807) is 18.8 Å². The van der Waals surface area contributed by atoms with Crippen LogP contribution in [0.2, 0.25) is 0 Å². The summed E-state index contributed by atoms with van der Waals surface area (Å²) in [4.78, 5) is 38.2. The third kappa shape index (κ3) is 5.49. The average Bonchev–Trinajstić information content (AvgIpc) is 2.92. The molecule has 0 radical (unpaired) electrons. The van der Waals surface area contributed by atoms with Gasteiger partial charge in [-0.15, -0.1) is 11.8 Å². The minimum absolute atomic E-state index is 0.00459. The third-order valence-corrected chi connectivity index (χ3v) is 5.22. The standard InChI is InChI=1S/C18H25N3O3S/c1-18(10-8-15(22)20-18)11-9-17(24)21(2)12-16(23)19-13-6-4-5-7-14(13)25-3/h4-7H,8-12H2,1-3H3,(H,19,23)(H,20,22)/t18-/m0/s1. The number of carbonyl (C=O) groups is 3. The fraction of sp³-hybridized carbons (Fsp3) is 0.500. The molecule has 25 heavy (non-hydrogen) atoms. The van der Waals surface area contributed by atoms with E-state index >= 15 is 0 Å². The van der Waals surface area contributed by atoms with Gasteiger partial charge in [0.15, 0.2) is 0 Å². The van der Waals surface area contributed by atoms with Gasteiger partial charge in [0.05, 0.1) is 12.2 Å². The van der Waals surface area contributed by atoms with E-state index in [1.165, 1.54) is 4.90 Å². The Bertz CT molecular complexity index is 665. The molecule has 1 fully saturated rings. The fourth-order valence-electron chi connectivity index (χ4n) is 2.85. The Morgan fingerprint density at radius 2 is 2.08 bits per heavy atom. The minimum atomic E-state index is -0.312. The Kier molecular flexibility index (Phi) is 6.47. The molecule has 3 amide bonds. The van der Waals surface area contributed by atoms with Crippen LogP contribution >= 0.6 is 11.8 Å². The predicted molar refractivity (Wildman–Crippen MR) is 99.5 cm³/mol. The van der Waals surface area contributed by atoms with Crippen LogP contribution < -0.4 is 10.6 Å². The summed E-state index contributed by atoms with van der Waals surface area (Å²) in [6.07, 6.45) is 4.09. The number of likely N-dealkylation sites (N-methyl/N-ethyl adjacent to an activating group) is 1. The number of benzene rings is 1. The quantitative estimate of drug-likeness (QED) is 0.729. The second-order valence-electron chi connectivity index (χ2n) is 6.61. The second-order valence-corrected chi connectivity index (χ2v) is 7.46. The van der Waals surface area contributed by atoms with E-state index in [0.717, 1.165) is 17.0 Å². The smallest absolute Gasteiger partial charge is 0.244 e. The number of amides is 3. The highest BCUT2D eigenvalue weighted by Gasteiger charge is 2.33. The SMILES string of the molecule is CSc1ccccc1NC(=O)CN(C)C(=O)CC[C@]1(C)CCC(=O)N1. The molecule has 136 valence electrons. The lowest BCUT2D eigenvalue weighted by atomic mass is 9.94. The molecule has 2 N–H and O–H groups in total. The van der Waals surface area contributed by atoms with Gasteiger partial charge in [-0.3, -0.25) is 14.4 Å². The summed E-state index contributed by atoms with van der Waals surface area (Å²) in [7, 11) is 1.62. The molecular weight excluding hydrogens is 338 g/mol. The maximum absolute atomic E-state index is 12.3. The highest BCUT2D eigenvalue weighted by molar-refractivity contribution is 7.98. The van der Waals surface area contributed by atoms with E-state index in [1.807, 2.05) is 37.4 Å². The van der Waals surface area contributed by atoms with Crippen LogP contribution in [0, 0.1) is 0 Å². The van der Waals surface area contributed by atoms with E-state index in [9.17, 15) is 14.4 Å². The van der Waals surface area contributed by atoms with Gasteiger partial charge in [-0.2, -0.15) is 0 Å². The first-order valence-electron chi connectivity index (χ1n) is 8.31. The number of anilines is 1. The van der Waals surface area contributed by atoms with E-state index in [2.05, 4.69) is 10.6 Å². The lowest BCUT2D eigenvalue weighted by Crippen LogP contribution is -2.40. The second kappa shape index (κ2) is 8.38. The van der Waals surface area contributed by atoms with Gasteiger partial charge in [0, 0.05) is 30.3 Å². The van der Waals surface area contributed by atoms with Crippen molar-refractivity contribution in [1.29, 1.82) is 0 Å². The Morgan fingerprint density at radius 1 is 1.36 bits per heavy atom. The number of rotatable bonds is 7. The Morgan fingerprint density at radius 3 is 2.72 bits per heavy atom. The molecule has 0 unspecified atom stereocenters. The third-order valence-electron chi connectivity index (χ3n) is 4.42. The van der Waals surface area contributed by atoms with Gasteiger partial charge < -0.3 is 15.5 Å². The largest absolute Gasteiger partial charge is 0.351 e. The van der Waals surface area contributed by atoms with Crippen molar-refractivity contribution in [3.63, 3.8) is 0 Å². The van der Waals surface area contributed by atoms with Crippen molar-refractivity contribution in [2.24, 2.45) is 0 Å². The molecule has 1 aliphatic rings. The molecule has 0 aliphatic carbocycles. The number of nitrogens with zero attached hydrogens (tertiary/aromatic N) is 1. The molecule has 1 aromatic rings. The van der Waals surface area contributed by atoms with Crippen molar-refractivity contribution in [3.8, 4) is 0 Å². The van der Waals surface area contributed by atoms with Gasteiger partial charge in [0.2, 0.25) is 17.7 Å². The fourth-order valence-corrected chi connectivity index (χ4v) is 3.41. The summed E-state index contributed by atoms with van der Waals surface area (Å²) in [6, 6.07) is 7.56. The Balaban J connectivity index is 1.82. The minimum Gasteiger partial charge on any atom is -0.351 e. The number of hydrogen-bond donors (Lipinski definition) is 2. The Labute approximate surface area is 152 Å². The van der Waals surface area contributed by atoms with Crippen molar-refractivity contribution < 1.29 is 14.4 Å². The van der Waals surface area contributed by atoms with Crippen molar-refractivity contribution in [2.45, 2.75) is 43.0 Å². The first-order valence-corrected chi connectivity index (χ1v) is 9.53. The monoisotopic (exact) mass is 363 g/mol. The lowest BCUT2D eigenvalue weighted by molar-refractivity contribution is -0.133. The van der Waals surface area contributed by atoms with Crippen LogP contribution in [0.5, 0.6) is 0 Å². The highest BCUT2D eigenvalue weighted by Crippen LogP contribution is 2.25. The molecule has 0 saturated carbocycles. The van der Waals surface area contributed by atoms with Crippen LogP contribution in [0.3, 0.4) is 0 Å². The maximum Gasteiger partial charge on any atom is 0.244 e. The molecule has 7 heteroatoms. The topological polar surface area (TPSA) is 78.5 Å². The summed E-state index contributed by atoms with van der Waals surface area (Å²) in [5.41, 5.74) is 0.440. The van der Waals surface area contributed by atoms with Crippen molar-refractivity contribution in [3.05, 3.63) is 24.3 Å². The number of thioether (sulfide) groups is 1. The molecule has 0 bridgehead atoms. The molecule has 1 aromatic carbocycles. The summed E-state index contributed by atoms with van der Waals surface area (Å²) >= 11 is 1.55. The van der Waals surface area contributed by atoms with Gasteiger partial charge in [0.25, 0.3) is 0 Å². The van der Waals surface area contributed by atoms with Crippen LogP contribution in [0.15, 0.2) is 29.2 Å². The van der Waals surface area contributed by atoms with Crippen molar-refractivity contribution in [1.82, 2.24) is 10.2 Å². The first kappa shape index (κ1) is 19.3. The summed E-state index contributed by atoms with van der Waals surface area (Å²) < 4.78 is 0. The van der Waals surface area contributed by atoms with E-state index in [-0.39, 0.29) is 29.8 Å². The van der Waals surface area contributed by atoms with Gasteiger partial charge in [0.1, 0.15) is 0 Å². The van der Waals surface area contributed by atoms with E-state index < -0.39 is 0 Å². The van der Waals surface area contributed by atoms with E-state index in [4.69, 9.17) is 0 Å². The molecule has 2 rings (SSSR count). The lowest BCUT2D eigenvalue weighted by Gasteiger charge is -2.25. The van der Waals surface area contributed by atoms with Gasteiger partial charge >= 0.3 is 0 Å². The number of nitrogens with one attached hydrogen (secondary N) is 2. The molecule has 1 heterocycles. The molecule has 1 aliphatic heterocycles. The van der Waals surface area contributed by atoms with Crippen LogP contribution in [0.4, 0.5) is 5.69 Å². The summed E-state index contributed by atoms with van der Waals surface area (Å²) in [5, 5.41) is 5.77. The van der Waals surface area contributed by atoms with E-state index in [0.29, 0.717) is 19.3 Å². The zero-order valence-electron chi connectivity index (χ0n) is 14.9. The molecule has 1 atom stereocenters. The van der Waals surface area contributed by atoms with Crippen LogP contribution in [-0.2, 0) is 14.4 Å².